The average Bonchev–Trinajstić information content (AvgIpc) is 3.14. The normalized spacial score (nSPS) is 11.7. The molecule has 1 heterocycles. The fourth-order valence-electron chi connectivity index (χ4n) is 2.82. The van der Waals surface area contributed by atoms with E-state index in [1.807, 2.05) is 30.3 Å². The summed E-state index contributed by atoms with van der Waals surface area (Å²) in [6.07, 6.45) is 0.828. The van der Waals surface area contributed by atoms with Crippen LogP contribution in [-0.4, -0.2) is 40.3 Å². The second-order valence-electron chi connectivity index (χ2n) is 6.50. The Morgan fingerprint density at radius 2 is 1.82 bits per heavy atom. The number of amides is 1. The first kappa shape index (κ1) is 19.2. The summed E-state index contributed by atoms with van der Waals surface area (Å²) >= 11 is 0. The zero-order chi connectivity index (χ0) is 20.1. The van der Waals surface area contributed by atoms with Gasteiger partial charge in [0.2, 0.25) is 11.6 Å². The maximum Gasteiger partial charge on any atom is 0.257 e. The summed E-state index contributed by atoms with van der Waals surface area (Å²) in [6.45, 7) is 2.06. The van der Waals surface area contributed by atoms with Crippen molar-refractivity contribution in [1.29, 1.82) is 0 Å². The highest BCUT2D eigenvalue weighted by molar-refractivity contribution is 5.98. The highest BCUT2D eigenvalue weighted by Crippen LogP contribution is 2.33. The van der Waals surface area contributed by atoms with E-state index in [0.717, 1.165) is 12.0 Å². The molecular formula is C20H23N5O3. The monoisotopic (exact) mass is 381 g/mol. The lowest BCUT2D eigenvalue weighted by Gasteiger charge is -2.17. The smallest absolute Gasteiger partial charge is 0.257 e. The highest BCUT2D eigenvalue weighted by Gasteiger charge is 2.20. The van der Waals surface area contributed by atoms with Crippen LogP contribution in [0.5, 0.6) is 5.75 Å². The molecule has 2 aromatic carbocycles. The number of carbonyl (C=O) groups is 1. The molecule has 0 saturated carbocycles. The molecule has 8 heteroatoms. The second-order valence-corrected chi connectivity index (χ2v) is 6.50. The highest BCUT2D eigenvalue weighted by atomic mass is 16.6. The van der Waals surface area contributed by atoms with Crippen LogP contribution in [0, 0.1) is 0 Å². The first-order valence-electron chi connectivity index (χ1n) is 8.96. The predicted molar refractivity (Wildman–Crippen MR) is 107 cm³/mol. The molecule has 1 aromatic heterocycles. The summed E-state index contributed by atoms with van der Waals surface area (Å²) in [6, 6.07) is 14.9. The number of rotatable bonds is 7. The third kappa shape index (κ3) is 4.06. The number of hydrogen-bond acceptors (Lipinski definition) is 7. The van der Waals surface area contributed by atoms with Crippen molar-refractivity contribution in [1.82, 2.24) is 15.2 Å². The minimum absolute atomic E-state index is 0.0175. The fraction of sp³-hybridized carbons (Fsp3) is 0.250. The molecule has 0 spiro atoms. The average molecular weight is 381 g/mol. The minimum atomic E-state index is -0.298. The molecule has 3 rings (SSSR count). The van der Waals surface area contributed by atoms with E-state index in [1.165, 1.54) is 4.90 Å². The lowest BCUT2D eigenvalue weighted by atomic mass is 10.0. The van der Waals surface area contributed by atoms with Crippen molar-refractivity contribution in [2.45, 2.75) is 19.4 Å². The summed E-state index contributed by atoms with van der Waals surface area (Å²) in [7, 11) is 3.25. The number of benzene rings is 2. The lowest BCUT2D eigenvalue weighted by molar-refractivity contribution is 0.0824. The Balaban J connectivity index is 1.83. The molecule has 8 nitrogen and oxygen atoms in total. The molecule has 3 N–H and O–H groups in total. The van der Waals surface area contributed by atoms with Gasteiger partial charge in [0, 0.05) is 14.1 Å². The molecule has 0 aliphatic rings. The molecule has 1 atom stereocenters. The number of phenolic OH excluding ortho intramolecular Hbond substituents is 1. The largest absolute Gasteiger partial charge is 0.505 e. The molecule has 0 saturated heterocycles. The van der Waals surface area contributed by atoms with Gasteiger partial charge in [-0.1, -0.05) is 43.3 Å². The number of aromatic hydroxyl groups is 1. The van der Waals surface area contributed by atoms with Gasteiger partial charge in [0.25, 0.3) is 5.91 Å². The second kappa shape index (κ2) is 8.43. The van der Waals surface area contributed by atoms with Gasteiger partial charge >= 0.3 is 0 Å². The molecule has 146 valence electrons. The van der Waals surface area contributed by atoms with Crippen molar-refractivity contribution in [2.75, 3.05) is 24.7 Å². The van der Waals surface area contributed by atoms with Crippen LogP contribution in [0.15, 0.2) is 53.2 Å². The van der Waals surface area contributed by atoms with Crippen LogP contribution in [-0.2, 0) is 0 Å². The van der Waals surface area contributed by atoms with Gasteiger partial charge in [0.15, 0.2) is 5.75 Å². The van der Waals surface area contributed by atoms with E-state index in [9.17, 15) is 9.90 Å². The third-order valence-electron chi connectivity index (χ3n) is 4.34. The van der Waals surface area contributed by atoms with Crippen molar-refractivity contribution < 1.29 is 14.5 Å². The van der Waals surface area contributed by atoms with E-state index >= 15 is 0 Å². The van der Waals surface area contributed by atoms with Crippen molar-refractivity contribution in [2.24, 2.45) is 0 Å². The van der Waals surface area contributed by atoms with Gasteiger partial charge in [-0.2, -0.15) is 0 Å². The topological polar surface area (TPSA) is 104 Å². The molecular weight excluding hydrogens is 358 g/mol. The van der Waals surface area contributed by atoms with Gasteiger partial charge in [0.05, 0.1) is 17.3 Å². The molecule has 0 aliphatic carbocycles. The maximum absolute atomic E-state index is 12.2. The van der Waals surface area contributed by atoms with Crippen LogP contribution in [0.2, 0.25) is 0 Å². The van der Waals surface area contributed by atoms with E-state index in [1.54, 1.807) is 32.3 Å². The van der Waals surface area contributed by atoms with Crippen LogP contribution < -0.4 is 10.6 Å². The quantitative estimate of drug-likeness (QED) is 0.535. The van der Waals surface area contributed by atoms with E-state index in [2.05, 4.69) is 27.9 Å². The summed E-state index contributed by atoms with van der Waals surface area (Å²) < 4.78 is 4.87. The Bertz CT molecular complexity index is 940. The number of aromatic nitrogens is 2. The van der Waals surface area contributed by atoms with E-state index < -0.39 is 0 Å². The van der Waals surface area contributed by atoms with Crippen LogP contribution >= 0.6 is 0 Å². The molecule has 3 aromatic rings. The Kier molecular flexibility index (Phi) is 5.78. The van der Waals surface area contributed by atoms with Gasteiger partial charge in [-0.15, -0.1) is 0 Å². The molecule has 0 unspecified atom stereocenters. The fourth-order valence-corrected chi connectivity index (χ4v) is 2.82. The van der Waals surface area contributed by atoms with Crippen molar-refractivity contribution >= 4 is 23.2 Å². The van der Waals surface area contributed by atoms with Crippen LogP contribution in [0.4, 0.5) is 17.3 Å². The Morgan fingerprint density at radius 3 is 2.50 bits per heavy atom. The molecule has 0 radical (unpaired) electrons. The van der Waals surface area contributed by atoms with Gasteiger partial charge in [-0.25, -0.2) is 4.63 Å². The standard InChI is InChI=1S/C20H23N5O3/c1-4-15(13-9-6-5-7-10-13)21-18-19(24-28-23-18)22-16-12-8-11-14(17(16)26)20(27)25(2)3/h5-12,15,26H,4H2,1-3H3,(H,21,23)(H,22,24)/t15-/m1/s1. The molecule has 0 bridgehead atoms. The van der Waals surface area contributed by atoms with Crippen molar-refractivity contribution in [3.63, 3.8) is 0 Å². The maximum atomic E-state index is 12.2. The number of phenols is 1. The van der Waals surface area contributed by atoms with Gasteiger partial charge in [-0.05, 0) is 34.4 Å². The van der Waals surface area contributed by atoms with Crippen LogP contribution in [0.25, 0.3) is 0 Å². The van der Waals surface area contributed by atoms with Gasteiger partial charge in [0.1, 0.15) is 0 Å². The van der Waals surface area contributed by atoms with Crippen molar-refractivity contribution in [3.8, 4) is 5.75 Å². The number of anilines is 3. The number of nitrogens with zero attached hydrogens (tertiary/aromatic N) is 3. The minimum Gasteiger partial charge on any atom is -0.505 e. The van der Waals surface area contributed by atoms with Crippen molar-refractivity contribution in [3.05, 3.63) is 59.7 Å². The number of carbonyl (C=O) groups excluding carboxylic acids is 1. The van der Waals surface area contributed by atoms with Gasteiger partial charge < -0.3 is 20.6 Å². The Labute approximate surface area is 163 Å². The molecule has 0 aliphatic heterocycles. The summed E-state index contributed by atoms with van der Waals surface area (Å²) in [5, 5.41) is 24.6. The first-order chi connectivity index (χ1) is 13.5. The predicted octanol–water partition coefficient (Wildman–Crippen LogP) is 3.78. The molecule has 0 fully saturated rings. The lowest BCUT2D eigenvalue weighted by Crippen LogP contribution is -2.21. The van der Waals surface area contributed by atoms with Crippen LogP contribution in [0.1, 0.15) is 35.3 Å². The zero-order valence-electron chi connectivity index (χ0n) is 16.0. The van der Waals surface area contributed by atoms with Crippen LogP contribution in [0.3, 0.4) is 0 Å². The summed E-state index contributed by atoms with van der Waals surface area (Å²) in [5.74, 6) is 0.275. The number of hydrogen-bond donors (Lipinski definition) is 3. The Hall–Kier alpha value is -3.55. The first-order valence-corrected chi connectivity index (χ1v) is 8.96. The Morgan fingerprint density at radius 1 is 1.11 bits per heavy atom. The zero-order valence-corrected chi connectivity index (χ0v) is 16.0. The summed E-state index contributed by atoms with van der Waals surface area (Å²) in [4.78, 5) is 13.6. The molecule has 1 amide bonds. The van der Waals surface area contributed by atoms with E-state index in [0.29, 0.717) is 17.3 Å². The SMILES string of the molecule is CC[C@@H](Nc1nonc1Nc1cccc(C(=O)N(C)C)c1O)c1ccccc1. The number of nitrogens with one attached hydrogen (secondary N) is 2. The van der Waals surface area contributed by atoms with Gasteiger partial charge in [-0.3, -0.25) is 4.79 Å². The molecule has 28 heavy (non-hydrogen) atoms. The van der Waals surface area contributed by atoms with E-state index in [-0.39, 0.29) is 23.3 Å². The summed E-state index contributed by atoms with van der Waals surface area (Å²) in [5.41, 5.74) is 1.64. The number of para-hydroxylation sites is 1. The van der Waals surface area contributed by atoms with E-state index in [4.69, 9.17) is 4.63 Å². The third-order valence-corrected chi connectivity index (χ3v) is 4.34.